The Morgan fingerprint density at radius 3 is 2.47 bits per heavy atom. The first kappa shape index (κ1) is 16.9. The fourth-order valence-electron chi connectivity index (χ4n) is 3.79. The first-order chi connectivity index (χ1) is 8.69. The highest BCUT2D eigenvalue weighted by Gasteiger charge is 2.38. The van der Waals surface area contributed by atoms with Crippen molar-refractivity contribution in [1.82, 2.24) is 10.2 Å². The first-order valence-corrected chi connectivity index (χ1v) is 7.81. The Balaban J connectivity index is 2.67. The Morgan fingerprint density at radius 2 is 2.00 bits per heavy atom. The van der Waals surface area contributed by atoms with E-state index in [1.54, 1.807) is 0 Å². The Labute approximate surface area is 119 Å². The lowest BCUT2D eigenvalue weighted by molar-refractivity contribution is 0.0189. The fraction of sp³-hybridized carbons (Fsp3) is 1.00. The van der Waals surface area contributed by atoms with Crippen molar-refractivity contribution in [3.63, 3.8) is 0 Å². The molecule has 0 bridgehead atoms. The second-order valence-corrected chi connectivity index (χ2v) is 7.55. The third-order valence-electron chi connectivity index (χ3n) is 4.57. The number of hydrogen-bond acceptors (Lipinski definition) is 3. The van der Waals surface area contributed by atoms with Crippen LogP contribution in [0.4, 0.5) is 0 Å². The summed E-state index contributed by atoms with van der Waals surface area (Å²) in [6.45, 7) is 13.6. The molecule has 1 saturated carbocycles. The van der Waals surface area contributed by atoms with Crippen LogP contribution in [0.25, 0.3) is 0 Å². The molecule has 1 fully saturated rings. The van der Waals surface area contributed by atoms with Crippen molar-refractivity contribution in [3.05, 3.63) is 0 Å². The molecule has 3 nitrogen and oxygen atoms in total. The molecule has 0 aliphatic heterocycles. The van der Waals surface area contributed by atoms with Gasteiger partial charge in [-0.25, -0.2) is 0 Å². The summed E-state index contributed by atoms with van der Waals surface area (Å²) in [5, 5.41) is 13.6. The smallest absolute Gasteiger partial charge is 0.0718 e. The van der Waals surface area contributed by atoms with E-state index in [0.717, 1.165) is 19.6 Å². The molecule has 2 atom stereocenters. The zero-order chi connectivity index (χ0) is 14.7. The largest absolute Gasteiger partial charge is 0.389 e. The summed E-state index contributed by atoms with van der Waals surface area (Å²) in [5.74, 6) is 0.691. The van der Waals surface area contributed by atoms with Crippen LogP contribution in [0, 0.1) is 11.3 Å². The van der Waals surface area contributed by atoms with Crippen LogP contribution < -0.4 is 5.32 Å². The molecule has 0 aromatic carbocycles. The standard InChI is InChI=1S/C16H34N2O/c1-7-18(12-16(4,5)19)11-13-9-8-10-15(2,3)14(13)17-6/h13-14,17,19H,7-12H2,1-6H3. The number of likely N-dealkylation sites (N-methyl/N-ethyl adjacent to an activating group) is 1. The number of nitrogens with zero attached hydrogens (tertiary/aromatic N) is 1. The lowest BCUT2D eigenvalue weighted by Gasteiger charge is -2.46. The summed E-state index contributed by atoms with van der Waals surface area (Å²) in [6.07, 6.45) is 3.94. The summed E-state index contributed by atoms with van der Waals surface area (Å²) < 4.78 is 0. The van der Waals surface area contributed by atoms with E-state index in [2.05, 4.69) is 38.0 Å². The number of hydrogen-bond donors (Lipinski definition) is 2. The van der Waals surface area contributed by atoms with Gasteiger partial charge in [0.05, 0.1) is 5.60 Å². The Bertz CT molecular complexity index is 270. The lowest BCUT2D eigenvalue weighted by atomic mass is 9.68. The molecule has 2 unspecified atom stereocenters. The minimum absolute atomic E-state index is 0.381. The van der Waals surface area contributed by atoms with Gasteiger partial charge in [-0.2, -0.15) is 0 Å². The van der Waals surface area contributed by atoms with Gasteiger partial charge in [0.15, 0.2) is 0 Å². The van der Waals surface area contributed by atoms with Crippen molar-refractivity contribution in [2.24, 2.45) is 11.3 Å². The van der Waals surface area contributed by atoms with E-state index < -0.39 is 5.60 Å². The minimum Gasteiger partial charge on any atom is -0.389 e. The molecule has 1 aliphatic rings. The Hall–Kier alpha value is -0.120. The summed E-state index contributed by atoms with van der Waals surface area (Å²) in [6, 6.07) is 0.581. The SMILES string of the molecule is CCN(CC1CCCC(C)(C)C1NC)CC(C)(C)O. The van der Waals surface area contributed by atoms with Crippen molar-refractivity contribution in [3.8, 4) is 0 Å². The maximum atomic E-state index is 10.0. The molecule has 0 amide bonds. The highest BCUT2D eigenvalue weighted by atomic mass is 16.3. The Kier molecular flexibility index (Phi) is 5.84. The lowest BCUT2D eigenvalue weighted by Crippen LogP contribution is -2.52. The molecule has 0 radical (unpaired) electrons. The van der Waals surface area contributed by atoms with Gasteiger partial charge in [0.1, 0.15) is 0 Å². The van der Waals surface area contributed by atoms with Crippen LogP contribution in [-0.4, -0.2) is 48.3 Å². The maximum Gasteiger partial charge on any atom is 0.0718 e. The molecule has 3 heteroatoms. The van der Waals surface area contributed by atoms with Gasteiger partial charge < -0.3 is 15.3 Å². The van der Waals surface area contributed by atoms with Gasteiger partial charge in [-0.3, -0.25) is 0 Å². The summed E-state index contributed by atoms with van der Waals surface area (Å²) >= 11 is 0. The van der Waals surface area contributed by atoms with Gasteiger partial charge in [0, 0.05) is 19.1 Å². The zero-order valence-corrected chi connectivity index (χ0v) is 13.8. The molecular formula is C16H34N2O. The van der Waals surface area contributed by atoms with Crippen molar-refractivity contribution in [1.29, 1.82) is 0 Å². The second kappa shape index (κ2) is 6.55. The second-order valence-electron chi connectivity index (χ2n) is 7.55. The third-order valence-corrected chi connectivity index (χ3v) is 4.57. The molecule has 1 aliphatic carbocycles. The zero-order valence-electron chi connectivity index (χ0n) is 13.8. The van der Waals surface area contributed by atoms with Gasteiger partial charge in [0.2, 0.25) is 0 Å². The highest BCUT2D eigenvalue weighted by Crippen LogP contribution is 2.39. The fourth-order valence-corrected chi connectivity index (χ4v) is 3.79. The number of aliphatic hydroxyl groups is 1. The van der Waals surface area contributed by atoms with Crippen molar-refractivity contribution >= 4 is 0 Å². The van der Waals surface area contributed by atoms with E-state index in [9.17, 15) is 5.11 Å². The van der Waals surface area contributed by atoms with Crippen LogP contribution in [0.1, 0.15) is 53.9 Å². The van der Waals surface area contributed by atoms with Crippen molar-refractivity contribution in [2.75, 3.05) is 26.7 Å². The van der Waals surface area contributed by atoms with Crippen LogP contribution in [0.5, 0.6) is 0 Å². The van der Waals surface area contributed by atoms with Crippen LogP contribution in [-0.2, 0) is 0 Å². The molecule has 1 rings (SSSR count). The average Bonchev–Trinajstić information content (AvgIpc) is 2.25. The summed E-state index contributed by atoms with van der Waals surface area (Å²) in [7, 11) is 2.09. The van der Waals surface area contributed by atoms with Crippen LogP contribution in [0.15, 0.2) is 0 Å². The highest BCUT2D eigenvalue weighted by molar-refractivity contribution is 4.94. The van der Waals surface area contributed by atoms with Crippen molar-refractivity contribution in [2.45, 2.75) is 65.5 Å². The average molecular weight is 270 g/mol. The predicted molar refractivity (Wildman–Crippen MR) is 82.4 cm³/mol. The van der Waals surface area contributed by atoms with Gasteiger partial charge in [-0.1, -0.05) is 27.2 Å². The van der Waals surface area contributed by atoms with E-state index >= 15 is 0 Å². The third kappa shape index (κ3) is 5.05. The normalized spacial score (nSPS) is 27.8. The van der Waals surface area contributed by atoms with E-state index in [4.69, 9.17) is 0 Å². The van der Waals surface area contributed by atoms with Gasteiger partial charge in [-0.15, -0.1) is 0 Å². The van der Waals surface area contributed by atoms with Gasteiger partial charge >= 0.3 is 0 Å². The summed E-state index contributed by atoms with van der Waals surface area (Å²) in [4.78, 5) is 2.40. The van der Waals surface area contributed by atoms with Crippen LogP contribution >= 0.6 is 0 Å². The van der Waals surface area contributed by atoms with Gasteiger partial charge in [-0.05, 0) is 51.6 Å². The number of rotatable bonds is 6. The molecular weight excluding hydrogens is 236 g/mol. The molecule has 0 saturated heterocycles. The molecule has 2 N–H and O–H groups in total. The maximum absolute atomic E-state index is 10.0. The van der Waals surface area contributed by atoms with E-state index in [-0.39, 0.29) is 0 Å². The summed E-state index contributed by atoms with van der Waals surface area (Å²) in [5.41, 5.74) is -0.221. The van der Waals surface area contributed by atoms with Crippen LogP contribution in [0.3, 0.4) is 0 Å². The molecule has 0 aromatic heterocycles. The molecule has 0 spiro atoms. The predicted octanol–water partition coefficient (Wildman–Crippen LogP) is 2.49. The van der Waals surface area contributed by atoms with Crippen LogP contribution in [0.2, 0.25) is 0 Å². The molecule has 0 aromatic rings. The van der Waals surface area contributed by atoms with Gasteiger partial charge in [0.25, 0.3) is 0 Å². The van der Waals surface area contributed by atoms with E-state index in [1.165, 1.54) is 19.3 Å². The minimum atomic E-state index is -0.602. The van der Waals surface area contributed by atoms with E-state index in [1.807, 2.05) is 13.8 Å². The molecule has 19 heavy (non-hydrogen) atoms. The Morgan fingerprint density at radius 1 is 1.37 bits per heavy atom. The topological polar surface area (TPSA) is 35.5 Å². The molecule has 0 heterocycles. The first-order valence-electron chi connectivity index (χ1n) is 7.81. The quantitative estimate of drug-likeness (QED) is 0.778. The molecule has 114 valence electrons. The number of nitrogens with one attached hydrogen (secondary N) is 1. The monoisotopic (exact) mass is 270 g/mol. The van der Waals surface area contributed by atoms with Crippen molar-refractivity contribution < 1.29 is 5.11 Å². The van der Waals surface area contributed by atoms with E-state index in [0.29, 0.717) is 17.4 Å².